The van der Waals surface area contributed by atoms with Crippen LogP contribution in [0.1, 0.15) is 59.8 Å². The van der Waals surface area contributed by atoms with Gasteiger partial charge in [0.15, 0.2) is 0 Å². The Morgan fingerprint density at radius 1 is 1.12 bits per heavy atom. The second kappa shape index (κ2) is 4.68. The largest absolute Gasteiger partial charge is 0.313 e. The summed E-state index contributed by atoms with van der Waals surface area (Å²) in [7, 11) is 0. The molecule has 94 valence electrons. The van der Waals surface area contributed by atoms with Crippen molar-refractivity contribution in [1.29, 1.82) is 0 Å². The van der Waals surface area contributed by atoms with E-state index in [1.807, 2.05) is 0 Å². The number of fused-ring (bicyclic) bond motifs is 1. The van der Waals surface area contributed by atoms with Gasteiger partial charge in [-0.2, -0.15) is 0 Å². The molecule has 3 unspecified atom stereocenters. The molecule has 0 aromatic heterocycles. The molecule has 1 N–H and O–H groups in total. The molecule has 0 amide bonds. The van der Waals surface area contributed by atoms with Crippen molar-refractivity contribution < 1.29 is 0 Å². The Labute approximate surface area is 101 Å². The number of hydrogen-bond donors (Lipinski definition) is 1. The minimum Gasteiger partial charge on any atom is -0.313 e. The first kappa shape index (κ1) is 12.4. The molecule has 0 radical (unpaired) electrons. The van der Waals surface area contributed by atoms with Gasteiger partial charge in [0, 0.05) is 6.04 Å². The molecule has 2 fully saturated rings. The highest BCUT2D eigenvalue weighted by atomic mass is 15.0. The molecular formula is C15H29N. The molecule has 2 saturated carbocycles. The molecule has 0 spiro atoms. The molecule has 0 bridgehead atoms. The van der Waals surface area contributed by atoms with E-state index in [1.165, 1.54) is 38.6 Å². The summed E-state index contributed by atoms with van der Waals surface area (Å²) in [5.41, 5.74) is 0.428. The highest BCUT2D eigenvalue weighted by Crippen LogP contribution is 2.59. The summed E-state index contributed by atoms with van der Waals surface area (Å²) in [4.78, 5) is 0. The van der Waals surface area contributed by atoms with Gasteiger partial charge in [0.1, 0.15) is 0 Å². The lowest BCUT2D eigenvalue weighted by molar-refractivity contribution is 0.229. The zero-order valence-electron chi connectivity index (χ0n) is 11.6. The number of rotatable bonds is 4. The van der Waals surface area contributed by atoms with E-state index in [0.717, 1.165) is 23.8 Å². The van der Waals surface area contributed by atoms with E-state index in [0.29, 0.717) is 5.41 Å². The zero-order valence-corrected chi connectivity index (χ0v) is 11.6. The summed E-state index contributed by atoms with van der Waals surface area (Å²) in [6.45, 7) is 10.7. The molecule has 2 aliphatic rings. The van der Waals surface area contributed by atoms with Crippen LogP contribution < -0.4 is 5.32 Å². The van der Waals surface area contributed by atoms with Crippen molar-refractivity contribution in [3.63, 3.8) is 0 Å². The first-order chi connectivity index (χ1) is 7.55. The smallest absolute Gasteiger partial charge is 0.0149 e. The topological polar surface area (TPSA) is 12.0 Å². The molecule has 0 aliphatic heterocycles. The molecule has 2 aliphatic carbocycles. The zero-order chi connectivity index (χ0) is 11.8. The van der Waals surface area contributed by atoms with Crippen LogP contribution in [-0.4, -0.2) is 12.6 Å². The fourth-order valence-corrected chi connectivity index (χ4v) is 3.86. The van der Waals surface area contributed by atoms with Crippen LogP contribution in [0, 0.1) is 23.2 Å². The molecule has 0 heterocycles. The van der Waals surface area contributed by atoms with E-state index in [-0.39, 0.29) is 0 Å². The molecular weight excluding hydrogens is 194 g/mol. The van der Waals surface area contributed by atoms with Crippen molar-refractivity contribution >= 4 is 0 Å². The van der Waals surface area contributed by atoms with E-state index < -0.39 is 0 Å². The van der Waals surface area contributed by atoms with Crippen LogP contribution in [0.25, 0.3) is 0 Å². The monoisotopic (exact) mass is 223 g/mol. The van der Waals surface area contributed by atoms with Gasteiger partial charge in [0.25, 0.3) is 0 Å². The van der Waals surface area contributed by atoms with Crippen LogP contribution in [0.2, 0.25) is 0 Å². The van der Waals surface area contributed by atoms with Gasteiger partial charge in [0.2, 0.25) is 0 Å². The summed E-state index contributed by atoms with van der Waals surface area (Å²) < 4.78 is 0. The Kier molecular flexibility index (Phi) is 3.63. The van der Waals surface area contributed by atoms with E-state index in [9.17, 15) is 0 Å². The van der Waals surface area contributed by atoms with Crippen LogP contribution in [0.5, 0.6) is 0 Å². The second-order valence-corrected chi connectivity index (χ2v) is 6.99. The SMILES string of the molecule is CCCNC(C1C2CCCCC21)C(C)(C)C. The first-order valence-corrected chi connectivity index (χ1v) is 7.29. The van der Waals surface area contributed by atoms with Gasteiger partial charge in [-0.05, 0) is 49.0 Å². The molecule has 3 atom stereocenters. The molecule has 16 heavy (non-hydrogen) atoms. The van der Waals surface area contributed by atoms with Gasteiger partial charge in [-0.1, -0.05) is 40.5 Å². The van der Waals surface area contributed by atoms with Crippen molar-refractivity contribution in [2.24, 2.45) is 23.2 Å². The summed E-state index contributed by atoms with van der Waals surface area (Å²) in [6, 6.07) is 0.751. The van der Waals surface area contributed by atoms with Crippen LogP contribution in [0.15, 0.2) is 0 Å². The maximum Gasteiger partial charge on any atom is 0.0149 e. The highest BCUT2D eigenvalue weighted by Gasteiger charge is 2.56. The Bertz CT molecular complexity index is 216. The number of hydrogen-bond acceptors (Lipinski definition) is 1. The highest BCUT2D eigenvalue weighted by molar-refractivity contribution is 5.07. The maximum atomic E-state index is 3.83. The molecule has 0 aromatic carbocycles. The predicted octanol–water partition coefficient (Wildman–Crippen LogP) is 3.84. The van der Waals surface area contributed by atoms with Gasteiger partial charge < -0.3 is 5.32 Å². The fraction of sp³-hybridized carbons (Fsp3) is 1.00. The molecule has 2 rings (SSSR count). The second-order valence-electron chi connectivity index (χ2n) is 6.99. The summed E-state index contributed by atoms with van der Waals surface area (Å²) in [6.07, 6.45) is 7.25. The van der Waals surface area contributed by atoms with Crippen LogP contribution in [0.3, 0.4) is 0 Å². The lowest BCUT2D eigenvalue weighted by Crippen LogP contribution is -2.43. The van der Waals surface area contributed by atoms with E-state index in [2.05, 4.69) is 33.0 Å². The lowest BCUT2D eigenvalue weighted by Gasteiger charge is -2.32. The van der Waals surface area contributed by atoms with Crippen molar-refractivity contribution in [3.05, 3.63) is 0 Å². The Morgan fingerprint density at radius 3 is 2.12 bits per heavy atom. The van der Waals surface area contributed by atoms with Gasteiger partial charge >= 0.3 is 0 Å². The van der Waals surface area contributed by atoms with E-state index >= 15 is 0 Å². The third-order valence-corrected chi connectivity index (χ3v) is 4.65. The van der Waals surface area contributed by atoms with Crippen molar-refractivity contribution in [1.82, 2.24) is 5.32 Å². The predicted molar refractivity (Wildman–Crippen MR) is 70.5 cm³/mol. The van der Waals surface area contributed by atoms with E-state index in [1.54, 1.807) is 0 Å². The Balaban J connectivity index is 1.97. The van der Waals surface area contributed by atoms with Crippen molar-refractivity contribution in [2.45, 2.75) is 65.8 Å². The maximum absolute atomic E-state index is 3.83. The van der Waals surface area contributed by atoms with Gasteiger partial charge in [-0.15, -0.1) is 0 Å². The molecule has 0 aromatic rings. The Hall–Kier alpha value is -0.0400. The first-order valence-electron chi connectivity index (χ1n) is 7.29. The number of nitrogens with one attached hydrogen (secondary N) is 1. The van der Waals surface area contributed by atoms with Crippen molar-refractivity contribution in [2.75, 3.05) is 6.54 Å². The van der Waals surface area contributed by atoms with Crippen LogP contribution in [-0.2, 0) is 0 Å². The summed E-state index contributed by atoms with van der Waals surface area (Å²) in [5.74, 6) is 3.14. The quantitative estimate of drug-likeness (QED) is 0.763. The van der Waals surface area contributed by atoms with Crippen LogP contribution in [0.4, 0.5) is 0 Å². The van der Waals surface area contributed by atoms with Gasteiger partial charge in [0.05, 0.1) is 0 Å². The molecule has 1 heteroatoms. The standard InChI is InChI=1S/C15H29N/c1-5-10-16-14(15(2,3)4)13-11-8-6-7-9-12(11)13/h11-14,16H,5-10H2,1-4H3. The van der Waals surface area contributed by atoms with Crippen LogP contribution >= 0.6 is 0 Å². The normalized spacial score (nSPS) is 35.6. The lowest BCUT2D eigenvalue weighted by atomic mass is 9.82. The molecule has 1 nitrogen and oxygen atoms in total. The average Bonchev–Trinajstić information content (AvgIpc) is 2.91. The van der Waals surface area contributed by atoms with Gasteiger partial charge in [-0.3, -0.25) is 0 Å². The fourth-order valence-electron chi connectivity index (χ4n) is 3.86. The minimum absolute atomic E-state index is 0.428. The third-order valence-electron chi connectivity index (χ3n) is 4.65. The average molecular weight is 223 g/mol. The minimum atomic E-state index is 0.428. The van der Waals surface area contributed by atoms with Gasteiger partial charge in [-0.25, -0.2) is 0 Å². The summed E-state index contributed by atoms with van der Waals surface area (Å²) in [5, 5.41) is 3.83. The third kappa shape index (κ3) is 2.45. The Morgan fingerprint density at radius 2 is 1.69 bits per heavy atom. The van der Waals surface area contributed by atoms with E-state index in [4.69, 9.17) is 0 Å². The molecule has 0 saturated heterocycles. The summed E-state index contributed by atoms with van der Waals surface area (Å²) >= 11 is 0. The van der Waals surface area contributed by atoms with Crippen molar-refractivity contribution in [3.8, 4) is 0 Å².